The Kier molecular flexibility index (Phi) is 4.17. The van der Waals surface area contributed by atoms with E-state index in [1.807, 2.05) is 11.8 Å². The van der Waals surface area contributed by atoms with E-state index in [-0.39, 0.29) is 0 Å². The molecule has 0 aromatic heterocycles. The van der Waals surface area contributed by atoms with Crippen molar-refractivity contribution in [2.24, 2.45) is 22.7 Å². The van der Waals surface area contributed by atoms with E-state index in [9.17, 15) is 0 Å². The van der Waals surface area contributed by atoms with E-state index in [0.29, 0.717) is 12.0 Å². The van der Waals surface area contributed by atoms with Gasteiger partial charge >= 0.3 is 0 Å². The maximum Gasteiger partial charge on any atom is 0.156 e. The summed E-state index contributed by atoms with van der Waals surface area (Å²) in [5, 5.41) is 4.73. The fourth-order valence-corrected chi connectivity index (χ4v) is 3.76. The van der Waals surface area contributed by atoms with Gasteiger partial charge < -0.3 is 5.32 Å². The lowest BCUT2D eigenvalue weighted by molar-refractivity contribution is 0.429. The van der Waals surface area contributed by atoms with Crippen LogP contribution >= 0.6 is 11.8 Å². The summed E-state index contributed by atoms with van der Waals surface area (Å²) >= 11 is 1.90. The lowest BCUT2D eigenvalue weighted by Gasteiger charge is -2.14. The molecule has 0 radical (unpaired) electrons. The van der Waals surface area contributed by atoms with E-state index in [2.05, 4.69) is 26.1 Å². The lowest BCUT2D eigenvalue weighted by Crippen LogP contribution is -2.31. The minimum atomic E-state index is 0.629. The second kappa shape index (κ2) is 5.44. The standard InChI is InChI=1S/C13H24N2S/c1-9(2)12-8-16-13(15-12)14-7-11-6-4-5-10(11)3/h9-12H,4-8H2,1-3H3,(H,14,15). The van der Waals surface area contributed by atoms with E-state index in [1.165, 1.54) is 30.2 Å². The molecule has 0 aromatic rings. The first-order valence-corrected chi connectivity index (χ1v) is 7.59. The zero-order valence-corrected chi connectivity index (χ0v) is 11.5. The Morgan fingerprint density at radius 3 is 2.81 bits per heavy atom. The first-order valence-electron chi connectivity index (χ1n) is 6.60. The third-order valence-corrected chi connectivity index (χ3v) is 5.07. The SMILES string of the molecule is CC(C)C1CSC(=NCC2CCCC2C)N1. The maximum atomic E-state index is 4.76. The quantitative estimate of drug-likeness (QED) is 0.819. The maximum absolute atomic E-state index is 4.76. The summed E-state index contributed by atoms with van der Waals surface area (Å²) in [6, 6.07) is 0.629. The fraction of sp³-hybridized carbons (Fsp3) is 0.923. The molecule has 92 valence electrons. The third kappa shape index (κ3) is 2.93. The van der Waals surface area contributed by atoms with Crippen molar-refractivity contribution in [1.29, 1.82) is 0 Å². The molecule has 3 unspecified atom stereocenters. The van der Waals surface area contributed by atoms with Crippen LogP contribution in [0.5, 0.6) is 0 Å². The van der Waals surface area contributed by atoms with Crippen LogP contribution in [0.25, 0.3) is 0 Å². The van der Waals surface area contributed by atoms with Crippen molar-refractivity contribution in [3.63, 3.8) is 0 Å². The molecular formula is C13H24N2S. The van der Waals surface area contributed by atoms with Crippen molar-refractivity contribution in [2.45, 2.75) is 46.1 Å². The van der Waals surface area contributed by atoms with Gasteiger partial charge in [-0.2, -0.15) is 0 Å². The van der Waals surface area contributed by atoms with Crippen LogP contribution in [-0.2, 0) is 0 Å². The Bertz CT molecular complexity index is 263. The van der Waals surface area contributed by atoms with Crippen molar-refractivity contribution < 1.29 is 0 Å². The summed E-state index contributed by atoms with van der Waals surface area (Å²) in [7, 11) is 0. The number of thioether (sulfide) groups is 1. The van der Waals surface area contributed by atoms with Crippen LogP contribution in [0.15, 0.2) is 4.99 Å². The first kappa shape index (κ1) is 12.3. The minimum Gasteiger partial charge on any atom is -0.361 e. The van der Waals surface area contributed by atoms with E-state index < -0.39 is 0 Å². The predicted molar refractivity (Wildman–Crippen MR) is 73.0 cm³/mol. The molecule has 0 aromatic carbocycles. The second-order valence-corrected chi connectivity index (χ2v) is 6.63. The highest BCUT2D eigenvalue weighted by Gasteiger charge is 2.25. The van der Waals surface area contributed by atoms with Gasteiger partial charge in [0.25, 0.3) is 0 Å². The highest BCUT2D eigenvalue weighted by Crippen LogP contribution is 2.31. The molecule has 2 rings (SSSR count). The van der Waals surface area contributed by atoms with Crippen LogP contribution in [0.3, 0.4) is 0 Å². The molecule has 1 aliphatic carbocycles. The molecule has 1 saturated heterocycles. The smallest absolute Gasteiger partial charge is 0.156 e. The van der Waals surface area contributed by atoms with Gasteiger partial charge in [-0.25, -0.2) is 0 Å². The third-order valence-electron chi connectivity index (χ3n) is 4.02. The Hall–Kier alpha value is -0.180. The number of hydrogen-bond donors (Lipinski definition) is 1. The van der Waals surface area contributed by atoms with E-state index in [4.69, 9.17) is 4.99 Å². The second-order valence-electron chi connectivity index (χ2n) is 5.62. The summed E-state index contributed by atoms with van der Waals surface area (Å²) in [4.78, 5) is 4.76. The van der Waals surface area contributed by atoms with Crippen molar-refractivity contribution in [1.82, 2.24) is 5.32 Å². The van der Waals surface area contributed by atoms with Gasteiger partial charge in [-0.05, 0) is 24.2 Å². The molecule has 2 fully saturated rings. The summed E-state index contributed by atoms with van der Waals surface area (Å²) in [5.41, 5.74) is 0. The molecule has 2 aliphatic rings. The van der Waals surface area contributed by atoms with Gasteiger partial charge in [0, 0.05) is 18.3 Å². The predicted octanol–water partition coefficient (Wildman–Crippen LogP) is 3.14. The molecule has 0 spiro atoms. The molecule has 1 N–H and O–H groups in total. The van der Waals surface area contributed by atoms with Crippen LogP contribution in [0.4, 0.5) is 0 Å². The van der Waals surface area contributed by atoms with Gasteiger partial charge in [0.15, 0.2) is 5.17 Å². The van der Waals surface area contributed by atoms with Gasteiger partial charge in [-0.3, -0.25) is 4.99 Å². The number of aliphatic imine (C=N–C) groups is 1. The number of nitrogens with zero attached hydrogens (tertiary/aromatic N) is 1. The van der Waals surface area contributed by atoms with Crippen molar-refractivity contribution in [2.75, 3.05) is 12.3 Å². The fourth-order valence-electron chi connectivity index (χ4n) is 2.55. The van der Waals surface area contributed by atoms with Gasteiger partial charge in [0.05, 0.1) is 0 Å². The Morgan fingerprint density at radius 1 is 1.44 bits per heavy atom. The molecule has 0 amide bonds. The molecular weight excluding hydrogens is 216 g/mol. The summed E-state index contributed by atoms with van der Waals surface area (Å²) in [6.07, 6.45) is 4.20. The number of rotatable bonds is 3. The monoisotopic (exact) mass is 240 g/mol. The Balaban J connectivity index is 1.80. The average molecular weight is 240 g/mol. The molecule has 2 nitrogen and oxygen atoms in total. The topological polar surface area (TPSA) is 24.4 Å². The number of amidine groups is 1. The average Bonchev–Trinajstić information content (AvgIpc) is 2.83. The molecule has 1 aliphatic heterocycles. The van der Waals surface area contributed by atoms with Gasteiger partial charge in [-0.15, -0.1) is 0 Å². The number of nitrogens with one attached hydrogen (secondary N) is 1. The summed E-state index contributed by atoms with van der Waals surface area (Å²) in [6.45, 7) is 7.98. The highest BCUT2D eigenvalue weighted by atomic mass is 32.2. The van der Waals surface area contributed by atoms with Crippen molar-refractivity contribution in [3.05, 3.63) is 0 Å². The van der Waals surface area contributed by atoms with Gasteiger partial charge in [0.1, 0.15) is 0 Å². The normalized spacial score (nSPS) is 37.2. The van der Waals surface area contributed by atoms with Crippen molar-refractivity contribution >= 4 is 16.9 Å². The highest BCUT2D eigenvalue weighted by molar-refractivity contribution is 8.14. The van der Waals surface area contributed by atoms with E-state index >= 15 is 0 Å². The summed E-state index contributed by atoms with van der Waals surface area (Å²) < 4.78 is 0. The Labute approximate surface area is 104 Å². The van der Waals surface area contributed by atoms with Crippen LogP contribution in [-0.4, -0.2) is 23.5 Å². The van der Waals surface area contributed by atoms with Gasteiger partial charge in [0.2, 0.25) is 0 Å². The van der Waals surface area contributed by atoms with Crippen LogP contribution < -0.4 is 5.32 Å². The van der Waals surface area contributed by atoms with E-state index in [0.717, 1.165) is 18.4 Å². The van der Waals surface area contributed by atoms with Crippen LogP contribution in [0.1, 0.15) is 40.0 Å². The molecule has 1 saturated carbocycles. The van der Waals surface area contributed by atoms with Crippen LogP contribution in [0.2, 0.25) is 0 Å². The Morgan fingerprint density at radius 2 is 2.25 bits per heavy atom. The molecule has 0 bridgehead atoms. The zero-order valence-electron chi connectivity index (χ0n) is 10.7. The van der Waals surface area contributed by atoms with Crippen molar-refractivity contribution in [3.8, 4) is 0 Å². The molecule has 3 atom stereocenters. The molecule has 16 heavy (non-hydrogen) atoms. The van der Waals surface area contributed by atoms with E-state index in [1.54, 1.807) is 0 Å². The van der Waals surface area contributed by atoms with Crippen LogP contribution in [0, 0.1) is 17.8 Å². The minimum absolute atomic E-state index is 0.629. The number of hydrogen-bond acceptors (Lipinski definition) is 2. The summed E-state index contributed by atoms with van der Waals surface area (Å²) in [5.74, 6) is 3.63. The zero-order chi connectivity index (χ0) is 11.5. The molecule has 1 heterocycles. The largest absolute Gasteiger partial charge is 0.361 e. The lowest BCUT2D eigenvalue weighted by atomic mass is 9.99. The molecule has 3 heteroatoms. The van der Waals surface area contributed by atoms with Gasteiger partial charge in [-0.1, -0.05) is 45.4 Å². The first-order chi connectivity index (χ1) is 7.66.